The van der Waals surface area contributed by atoms with Crippen LogP contribution in [0.3, 0.4) is 0 Å². The summed E-state index contributed by atoms with van der Waals surface area (Å²) in [5.74, 6) is 0.958. The Morgan fingerprint density at radius 1 is 1.17 bits per heavy atom. The van der Waals surface area contributed by atoms with E-state index in [9.17, 15) is 9.59 Å². The van der Waals surface area contributed by atoms with Crippen LogP contribution >= 0.6 is 0 Å². The van der Waals surface area contributed by atoms with Gasteiger partial charge in [0.25, 0.3) is 5.91 Å². The molecule has 1 aliphatic rings. The lowest BCUT2D eigenvalue weighted by Gasteiger charge is -2.35. The maximum Gasteiger partial charge on any atom is 0.338 e. The Hall–Kier alpha value is -2.04. The molecule has 0 heterocycles. The number of hydrogen-bond donors (Lipinski definition) is 1. The molecule has 0 unspecified atom stereocenters. The van der Waals surface area contributed by atoms with Crippen LogP contribution in [0, 0.1) is 11.8 Å². The van der Waals surface area contributed by atoms with Gasteiger partial charge in [-0.2, -0.15) is 0 Å². The van der Waals surface area contributed by atoms with E-state index >= 15 is 0 Å². The quantitative estimate of drug-likeness (QED) is 0.841. The number of nitrogens with one attached hydrogen (secondary N) is 1. The zero-order chi connectivity index (χ0) is 17.7. The number of amides is 1. The third kappa shape index (κ3) is 4.49. The van der Waals surface area contributed by atoms with Gasteiger partial charge in [-0.25, -0.2) is 4.79 Å². The molecule has 5 nitrogen and oxygen atoms in total. The Morgan fingerprint density at radius 2 is 1.83 bits per heavy atom. The van der Waals surface area contributed by atoms with Gasteiger partial charge in [-0.3, -0.25) is 4.79 Å². The van der Waals surface area contributed by atoms with Crippen LogP contribution in [-0.2, 0) is 9.53 Å². The van der Waals surface area contributed by atoms with Gasteiger partial charge in [-0.1, -0.05) is 26.7 Å². The Labute approximate surface area is 143 Å². The van der Waals surface area contributed by atoms with Gasteiger partial charge in [0.2, 0.25) is 0 Å². The zero-order valence-electron chi connectivity index (χ0n) is 14.9. The van der Waals surface area contributed by atoms with Gasteiger partial charge in [-0.15, -0.1) is 0 Å². The normalized spacial score (nSPS) is 24.8. The molecule has 1 fully saturated rings. The van der Waals surface area contributed by atoms with Crippen LogP contribution in [0.4, 0.5) is 0 Å². The number of benzene rings is 1. The van der Waals surface area contributed by atoms with E-state index in [0.717, 1.165) is 12.8 Å². The molecule has 5 heteroatoms. The first kappa shape index (κ1) is 18.3. The molecule has 1 aromatic carbocycles. The molecule has 24 heavy (non-hydrogen) atoms. The van der Waals surface area contributed by atoms with E-state index in [1.54, 1.807) is 38.3 Å². The van der Waals surface area contributed by atoms with Crippen molar-refractivity contribution in [3.8, 4) is 5.75 Å². The van der Waals surface area contributed by atoms with Crippen LogP contribution in [0.2, 0.25) is 0 Å². The van der Waals surface area contributed by atoms with Crippen molar-refractivity contribution < 1.29 is 19.1 Å². The lowest BCUT2D eigenvalue weighted by Crippen LogP contribution is -2.47. The second kappa shape index (κ2) is 8.18. The first-order valence-corrected chi connectivity index (χ1v) is 8.57. The van der Waals surface area contributed by atoms with Gasteiger partial charge in [0, 0.05) is 6.04 Å². The first-order chi connectivity index (χ1) is 11.4. The van der Waals surface area contributed by atoms with E-state index in [2.05, 4.69) is 19.2 Å². The van der Waals surface area contributed by atoms with E-state index in [1.807, 2.05) is 0 Å². The molecular formula is C19H27NO4. The van der Waals surface area contributed by atoms with Crippen molar-refractivity contribution in [2.75, 3.05) is 7.11 Å². The molecule has 0 radical (unpaired) electrons. The number of rotatable bonds is 5. The fourth-order valence-corrected chi connectivity index (χ4v) is 3.10. The summed E-state index contributed by atoms with van der Waals surface area (Å²) in [5.41, 5.74) is 0.398. The van der Waals surface area contributed by atoms with Crippen LogP contribution in [0.5, 0.6) is 5.75 Å². The molecule has 0 aliphatic heterocycles. The molecular weight excluding hydrogens is 306 g/mol. The highest BCUT2D eigenvalue weighted by molar-refractivity contribution is 5.92. The van der Waals surface area contributed by atoms with E-state index in [-0.39, 0.29) is 11.9 Å². The molecule has 0 saturated heterocycles. The summed E-state index contributed by atoms with van der Waals surface area (Å²) in [6.07, 6.45) is 2.49. The molecule has 0 bridgehead atoms. The highest BCUT2D eigenvalue weighted by atomic mass is 16.5. The summed E-state index contributed by atoms with van der Waals surface area (Å²) in [4.78, 5) is 24.4. The van der Waals surface area contributed by atoms with Gasteiger partial charge in [0.1, 0.15) is 5.75 Å². The Morgan fingerprint density at radius 3 is 2.46 bits per heavy atom. The minimum absolute atomic E-state index is 0.156. The minimum atomic E-state index is -0.816. The number of methoxy groups -OCH3 is 1. The fourth-order valence-electron chi connectivity index (χ4n) is 3.10. The molecule has 0 aromatic heterocycles. The van der Waals surface area contributed by atoms with E-state index < -0.39 is 12.1 Å². The second-order valence-electron chi connectivity index (χ2n) is 6.66. The van der Waals surface area contributed by atoms with Crippen molar-refractivity contribution in [1.82, 2.24) is 5.32 Å². The Kier molecular flexibility index (Phi) is 6.23. The lowest BCUT2D eigenvalue weighted by molar-refractivity contribution is -0.130. The molecule has 0 spiro atoms. The van der Waals surface area contributed by atoms with Gasteiger partial charge >= 0.3 is 5.97 Å². The third-order valence-corrected chi connectivity index (χ3v) is 5.01. The Bertz CT molecular complexity index is 569. The van der Waals surface area contributed by atoms with Crippen LogP contribution in [0.25, 0.3) is 0 Å². The highest BCUT2D eigenvalue weighted by Gasteiger charge is 2.30. The van der Waals surface area contributed by atoms with Gasteiger partial charge in [-0.05, 0) is 49.4 Å². The fraction of sp³-hybridized carbons (Fsp3) is 0.579. The molecule has 2 rings (SSSR count). The number of carbonyl (C=O) groups excluding carboxylic acids is 2. The van der Waals surface area contributed by atoms with Crippen LogP contribution in [0.1, 0.15) is 50.4 Å². The minimum Gasteiger partial charge on any atom is -0.497 e. The van der Waals surface area contributed by atoms with Crippen molar-refractivity contribution in [3.63, 3.8) is 0 Å². The lowest BCUT2D eigenvalue weighted by atomic mass is 9.78. The molecule has 1 aliphatic carbocycles. The largest absolute Gasteiger partial charge is 0.497 e. The van der Waals surface area contributed by atoms with E-state index in [4.69, 9.17) is 9.47 Å². The van der Waals surface area contributed by atoms with E-state index in [1.165, 1.54) is 6.42 Å². The molecule has 132 valence electrons. The van der Waals surface area contributed by atoms with Crippen molar-refractivity contribution in [2.24, 2.45) is 11.8 Å². The standard InChI is InChI=1S/C19H27NO4/c1-12-6-5-7-17(13(12)2)20-18(21)14(3)24-19(22)15-8-10-16(23-4)11-9-15/h8-14,17H,5-7H2,1-4H3,(H,20,21)/t12-,13+,14+,17-/m0/s1. The average Bonchev–Trinajstić information content (AvgIpc) is 2.58. The maximum absolute atomic E-state index is 12.3. The number of carbonyl (C=O) groups is 2. The summed E-state index contributed by atoms with van der Waals surface area (Å²) < 4.78 is 10.3. The van der Waals surface area contributed by atoms with Crippen molar-refractivity contribution in [2.45, 2.75) is 52.2 Å². The van der Waals surface area contributed by atoms with Crippen molar-refractivity contribution in [1.29, 1.82) is 0 Å². The van der Waals surface area contributed by atoms with E-state index in [0.29, 0.717) is 23.1 Å². The summed E-state index contributed by atoms with van der Waals surface area (Å²) in [7, 11) is 1.56. The van der Waals surface area contributed by atoms with Gasteiger partial charge in [0.05, 0.1) is 12.7 Å². The van der Waals surface area contributed by atoms with Crippen LogP contribution in [0.15, 0.2) is 24.3 Å². The molecule has 1 aromatic rings. The van der Waals surface area contributed by atoms with Crippen LogP contribution in [-0.4, -0.2) is 31.1 Å². The second-order valence-corrected chi connectivity index (χ2v) is 6.66. The summed E-state index contributed by atoms with van der Waals surface area (Å²) in [6.45, 7) is 5.99. The number of ether oxygens (including phenoxy) is 2. The third-order valence-electron chi connectivity index (χ3n) is 5.01. The van der Waals surface area contributed by atoms with Crippen LogP contribution < -0.4 is 10.1 Å². The van der Waals surface area contributed by atoms with Gasteiger partial charge in [0.15, 0.2) is 6.10 Å². The zero-order valence-corrected chi connectivity index (χ0v) is 14.9. The average molecular weight is 333 g/mol. The smallest absolute Gasteiger partial charge is 0.338 e. The summed E-state index contributed by atoms with van der Waals surface area (Å²) in [5, 5.41) is 3.04. The predicted octanol–water partition coefficient (Wildman–Crippen LogP) is 3.18. The first-order valence-electron chi connectivity index (χ1n) is 8.57. The SMILES string of the molecule is COc1ccc(C(=O)O[C@H](C)C(=O)N[C@H]2CCC[C@H](C)[C@H]2C)cc1. The molecule has 1 amide bonds. The topological polar surface area (TPSA) is 64.6 Å². The highest BCUT2D eigenvalue weighted by Crippen LogP contribution is 2.29. The molecule has 4 atom stereocenters. The number of esters is 1. The maximum atomic E-state index is 12.3. The van der Waals surface area contributed by atoms with Crippen molar-refractivity contribution >= 4 is 11.9 Å². The summed E-state index contributed by atoms with van der Waals surface area (Å²) >= 11 is 0. The molecule has 1 saturated carbocycles. The monoisotopic (exact) mass is 333 g/mol. The number of hydrogen-bond acceptors (Lipinski definition) is 4. The predicted molar refractivity (Wildman–Crippen MR) is 92.0 cm³/mol. The summed E-state index contributed by atoms with van der Waals surface area (Å²) in [6, 6.07) is 6.77. The van der Waals surface area contributed by atoms with Gasteiger partial charge < -0.3 is 14.8 Å². The Balaban J connectivity index is 1.89. The molecule has 1 N–H and O–H groups in total. The van der Waals surface area contributed by atoms with Crippen molar-refractivity contribution in [3.05, 3.63) is 29.8 Å².